The van der Waals surface area contributed by atoms with Gasteiger partial charge in [-0.3, -0.25) is 19.7 Å². The van der Waals surface area contributed by atoms with Crippen molar-refractivity contribution in [3.05, 3.63) is 68.7 Å². The number of anilines is 1. The SMILES string of the molecule is CSCCC(NC(=O)c1cccc([N+](=O)[O-])c1)C(=O)Nc1cccc(Cl)c1C. The van der Waals surface area contributed by atoms with Crippen LogP contribution < -0.4 is 10.6 Å². The van der Waals surface area contributed by atoms with E-state index in [1.807, 2.05) is 6.26 Å². The van der Waals surface area contributed by atoms with Crippen molar-refractivity contribution in [2.45, 2.75) is 19.4 Å². The number of carbonyl (C=O) groups is 2. The number of thioether (sulfide) groups is 1. The van der Waals surface area contributed by atoms with E-state index >= 15 is 0 Å². The van der Waals surface area contributed by atoms with Gasteiger partial charge in [-0.15, -0.1) is 0 Å². The summed E-state index contributed by atoms with van der Waals surface area (Å²) in [4.78, 5) is 35.6. The molecule has 7 nitrogen and oxygen atoms in total. The Hall–Kier alpha value is -2.58. The molecule has 1 atom stereocenters. The molecular weight excluding hydrogens is 402 g/mol. The van der Waals surface area contributed by atoms with E-state index in [0.717, 1.165) is 5.56 Å². The number of nitrogens with one attached hydrogen (secondary N) is 2. The van der Waals surface area contributed by atoms with Crippen LogP contribution in [0.5, 0.6) is 0 Å². The monoisotopic (exact) mass is 421 g/mol. The predicted octanol–water partition coefficient (Wildman–Crippen LogP) is 4.05. The maximum absolute atomic E-state index is 12.7. The largest absolute Gasteiger partial charge is 0.340 e. The molecule has 0 aliphatic rings. The minimum absolute atomic E-state index is 0.120. The number of amides is 2. The highest BCUT2D eigenvalue weighted by molar-refractivity contribution is 7.98. The Balaban J connectivity index is 2.17. The number of benzene rings is 2. The van der Waals surface area contributed by atoms with Gasteiger partial charge in [0.05, 0.1) is 4.92 Å². The van der Waals surface area contributed by atoms with Gasteiger partial charge < -0.3 is 10.6 Å². The van der Waals surface area contributed by atoms with E-state index in [2.05, 4.69) is 10.6 Å². The molecule has 0 bridgehead atoms. The summed E-state index contributed by atoms with van der Waals surface area (Å²) in [6.07, 6.45) is 2.31. The van der Waals surface area contributed by atoms with Crippen molar-refractivity contribution < 1.29 is 14.5 Å². The quantitative estimate of drug-likeness (QED) is 0.494. The van der Waals surface area contributed by atoms with E-state index in [1.54, 1.807) is 36.9 Å². The molecule has 28 heavy (non-hydrogen) atoms. The lowest BCUT2D eigenvalue weighted by atomic mass is 10.1. The van der Waals surface area contributed by atoms with E-state index in [0.29, 0.717) is 22.9 Å². The van der Waals surface area contributed by atoms with E-state index < -0.39 is 16.9 Å². The molecule has 2 aromatic carbocycles. The molecule has 0 aromatic heterocycles. The lowest BCUT2D eigenvalue weighted by Gasteiger charge is -2.19. The molecule has 9 heteroatoms. The Bertz CT molecular complexity index is 891. The number of carbonyl (C=O) groups excluding carboxylic acids is 2. The van der Waals surface area contributed by atoms with Gasteiger partial charge in [0.1, 0.15) is 6.04 Å². The van der Waals surface area contributed by atoms with Crippen molar-refractivity contribution in [2.24, 2.45) is 0 Å². The Labute approximate surface area is 172 Å². The molecule has 0 aliphatic heterocycles. The van der Waals surface area contributed by atoms with E-state index in [9.17, 15) is 19.7 Å². The van der Waals surface area contributed by atoms with Crippen LogP contribution in [0, 0.1) is 17.0 Å². The highest BCUT2D eigenvalue weighted by Crippen LogP contribution is 2.23. The first-order valence-corrected chi connectivity index (χ1v) is 10.2. The molecule has 0 saturated carbocycles. The van der Waals surface area contributed by atoms with Crippen LogP contribution in [0.25, 0.3) is 0 Å². The Morgan fingerprint density at radius 3 is 2.64 bits per heavy atom. The van der Waals surface area contributed by atoms with Crippen molar-refractivity contribution in [2.75, 3.05) is 17.3 Å². The summed E-state index contributed by atoms with van der Waals surface area (Å²) in [5, 5.41) is 16.9. The summed E-state index contributed by atoms with van der Waals surface area (Å²) in [5.41, 5.74) is 1.23. The lowest BCUT2D eigenvalue weighted by molar-refractivity contribution is -0.384. The first-order valence-electron chi connectivity index (χ1n) is 8.43. The fourth-order valence-corrected chi connectivity index (χ4v) is 3.12. The Kier molecular flexibility index (Phi) is 7.83. The summed E-state index contributed by atoms with van der Waals surface area (Å²) in [7, 11) is 0. The standard InChI is InChI=1S/C19H20ClN3O4S/c1-12-15(20)7-4-8-16(12)21-19(25)17(9-10-28-2)22-18(24)13-5-3-6-14(11-13)23(26)27/h3-8,11,17H,9-10H2,1-2H3,(H,21,25)(H,22,24). The molecule has 0 saturated heterocycles. The van der Waals surface area contributed by atoms with Gasteiger partial charge in [-0.1, -0.05) is 23.7 Å². The average molecular weight is 422 g/mol. The number of non-ortho nitro benzene ring substituents is 1. The highest BCUT2D eigenvalue weighted by Gasteiger charge is 2.22. The number of hydrogen-bond donors (Lipinski definition) is 2. The molecule has 0 fully saturated rings. The number of nitrogens with zero attached hydrogens (tertiary/aromatic N) is 1. The van der Waals surface area contributed by atoms with Crippen molar-refractivity contribution >= 4 is 46.6 Å². The van der Waals surface area contributed by atoms with E-state index in [-0.39, 0.29) is 17.2 Å². The minimum atomic E-state index is -0.794. The smallest absolute Gasteiger partial charge is 0.270 e. The summed E-state index contributed by atoms with van der Waals surface area (Å²) in [6.45, 7) is 1.79. The molecule has 0 spiro atoms. The van der Waals surface area contributed by atoms with Gasteiger partial charge in [0, 0.05) is 28.4 Å². The summed E-state index contributed by atoms with van der Waals surface area (Å²) >= 11 is 7.63. The molecular formula is C19H20ClN3O4S. The molecule has 0 heterocycles. The first kappa shape index (κ1) is 21.7. The molecule has 1 unspecified atom stereocenters. The second-order valence-electron chi connectivity index (χ2n) is 6.02. The van der Waals surface area contributed by atoms with Gasteiger partial charge in [-0.2, -0.15) is 11.8 Å². The Morgan fingerprint density at radius 1 is 1.25 bits per heavy atom. The third-order valence-electron chi connectivity index (χ3n) is 4.08. The van der Waals surface area contributed by atoms with Gasteiger partial charge in [-0.05, 0) is 49.1 Å². The van der Waals surface area contributed by atoms with Gasteiger partial charge >= 0.3 is 0 Å². The lowest BCUT2D eigenvalue weighted by Crippen LogP contribution is -2.44. The second-order valence-corrected chi connectivity index (χ2v) is 7.41. The average Bonchev–Trinajstić information content (AvgIpc) is 2.68. The zero-order valence-electron chi connectivity index (χ0n) is 15.4. The van der Waals surface area contributed by atoms with Crippen molar-refractivity contribution in [3.63, 3.8) is 0 Å². The number of rotatable bonds is 8. The van der Waals surface area contributed by atoms with Gasteiger partial charge in [0.15, 0.2) is 0 Å². The van der Waals surface area contributed by atoms with Crippen LogP contribution in [0.1, 0.15) is 22.3 Å². The molecule has 2 amide bonds. The van der Waals surface area contributed by atoms with Crippen molar-refractivity contribution in [1.82, 2.24) is 5.32 Å². The normalized spacial score (nSPS) is 11.5. The summed E-state index contributed by atoms with van der Waals surface area (Å²) in [5.74, 6) is -0.270. The molecule has 0 aliphatic carbocycles. The maximum atomic E-state index is 12.7. The van der Waals surface area contributed by atoms with Crippen LogP contribution in [-0.4, -0.2) is 34.8 Å². The van der Waals surface area contributed by atoms with Crippen LogP contribution in [0.15, 0.2) is 42.5 Å². The highest BCUT2D eigenvalue weighted by atomic mass is 35.5. The second kappa shape index (κ2) is 10.1. The van der Waals surface area contributed by atoms with Crippen molar-refractivity contribution in [3.8, 4) is 0 Å². The zero-order chi connectivity index (χ0) is 20.7. The fourth-order valence-electron chi connectivity index (χ4n) is 2.47. The van der Waals surface area contributed by atoms with E-state index in [4.69, 9.17) is 11.6 Å². The molecule has 148 valence electrons. The van der Waals surface area contributed by atoms with Crippen LogP contribution in [-0.2, 0) is 4.79 Å². The van der Waals surface area contributed by atoms with E-state index in [1.165, 1.54) is 24.3 Å². The van der Waals surface area contributed by atoms with Gasteiger partial charge in [0.25, 0.3) is 11.6 Å². The zero-order valence-corrected chi connectivity index (χ0v) is 17.0. The summed E-state index contributed by atoms with van der Waals surface area (Å²) in [6, 6.07) is 9.76. The predicted molar refractivity (Wildman–Crippen MR) is 112 cm³/mol. The number of nitro benzene ring substituents is 1. The van der Waals surface area contributed by atoms with Crippen LogP contribution in [0.2, 0.25) is 5.02 Å². The van der Waals surface area contributed by atoms with Gasteiger partial charge in [0.2, 0.25) is 5.91 Å². The Morgan fingerprint density at radius 2 is 1.96 bits per heavy atom. The van der Waals surface area contributed by atoms with Crippen LogP contribution in [0.3, 0.4) is 0 Å². The third-order valence-corrected chi connectivity index (χ3v) is 5.13. The van der Waals surface area contributed by atoms with Crippen LogP contribution in [0.4, 0.5) is 11.4 Å². The first-order chi connectivity index (χ1) is 13.3. The number of hydrogen-bond acceptors (Lipinski definition) is 5. The number of nitro groups is 1. The third kappa shape index (κ3) is 5.71. The fraction of sp³-hybridized carbons (Fsp3) is 0.263. The molecule has 2 rings (SSSR count). The maximum Gasteiger partial charge on any atom is 0.270 e. The topological polar surface area (TPSA) is 101 Å². The number of halogens is 1. The van der Waals surface area contributed by atoms with Crippen molar-refractivity contribution in [1.29, 1.82) is 0 Å². The summed E-state index contributed by atoms with van der Waals surface area (Å²) < 4.78 is 0. The molecule has 2 N–H and O–H groups in total. The van der Waals surface area contributed by atoms with Gasteiger partial charge in [-0.25, -0.2) is 0 Å². The molecule has 0 radical (unpaired) electrons. The molecule has 2 aromatic rings. The minimum Gasteiger partial charge on any atom is -0.340 e. The van der Waals surface area contributed by atoms with Crippen LogP contribution >= 0.6 is 23.4 Å².